The Labute approximate surface area is 302 Å². The van der Waals surface area contributed by atoms with Gasteiger partial charge in [0.15, 0.2) is 0 Å². The van der Waals surface area contributed by atoms with E-state index in [1.807, 2.05) is 36.6 Å². The number of hydrogen-bond acceptors (Lipinski definition) is 9. The molecule has 3 rings (SSSR count). The lowest BCUT2D eigenvalue weighted by atomic mass is 10.00. The molecule has 0 radical (unpaired) electrons. The molecule has 0 bridgehead atoms. The van der Waals surface area contributed by atoms with Crippen LogP contribution in [0.15, 0.2) is 60.7 Å². The zero-order valence-electron chi connectivity index (χ0n) is 29.2. The van der Waals surface area contributed by atoms with Crippen molar-refractivity contribution < 1.29 is 39.0 Å². The number of benzene rings is 2. The van der Waals surface area contributed by atoms with E-state index in [9.17, 15) is 39.0 Å². The van der Waals surface area contributed by atoms with Crippen molar-refractivity contribution in [2.75, 3.05) is 25.2 Å². The number of carbonyl (C=O) groups is 6. The Morgan fingerprint density at radius 3 is 1.94 bits per heavy atom. The molecule has 0 spiro atoms. The molecule has 278 valence electrons. The molecule has 1 heterocycles. The minimum absolute atomic E-state index is 0.00691. The molecule has 2 aromatic carbocycles. The van der Waals surface area contributed by atoms with Gasteiger partial charge in [0.05, 0.1) is 12.6 Å². The van der Waals surface area contributed by atoms with Crippen LogP contribution in [0.5, 0.6) is 0 Å². The molecule has 51 heavy (non-hydrogen) atoms. The lowest BCUT2D eigenvalue weighted by Gasteiger charge is -2.30. The zero-order valence-corrected chi connectivity index (χ0v) is 30.1. The first-order valence-electron chi connectivity index (χ1n) is 17.0. The van der Waals surface area contributed by atoms with Crippen LogP contribution >= 0.6 is 11.8 Å². The Bertz CT molecular complexity index is 1480. The van der Waals surface area contributed by atoms with Gasteiger partial charge in [0.25, 0.3) is 0 Å². The number of carboxylic acid groups (broad SMARTS) is 1. The highest BCUT2D eigenvalue weighted by atomic mass is 32.2. The highest BCUT2D eigenvalue weighted by molar-refractivity contribution is 7.98. The molecule has 1 saturated heterocycles. The third kappa shape index (κ3) is 12.4. The van der Waals surface area contributed by atoms with Gasteiger partial charge >= 0.3 is 5.97 Å². The molecule has 1 aliphatic rings. The van der Waals surface area contributed by atoms with E-state index in [0.717, 1.165) is 5.56 Å². The first kappa shape index (κ1) is 41.0. The normalized spacial score (nSPS) is 17.1. The number of amides is 5. The van der Waals surface area contributed by atoms with E-state index >= 15 is 0 Å². The summed E-state index contributed by atoms with van der Waals surface area (Å²) in [5.41, 5.74) is 7.85. The summed E-state index contributed by atoms with van der Waals surface area (Å²) in [6.07, 6.45) is 3.44. The van der Waals surface area contributed by atoms with Crippen LogP contribution in [0.2, 0.25) is 0 Å². The molecule has 2 aromatic rings. The number of carbonyl (C=O) groups excluding carboxylic acids is 5. The second kappa shape index (κ2) is 20.4. The summed E-state index contributed by atoms with van der Waals surface area (Å²) in [5.74, 6) is -4.35. The number of aliphatic carboxylic acids is 1. The second-order valence-electron chi connectivity index (χ2n) is 12.9. The first-order chi connectivity index (χ1) is 24.4. The van der Waals surface area contributed by atoms with Crippen LogP contribution in [0, 0.1) is 5.92 Å². The fourth-order valence-corrected chi connectivity index (χ4v) is 6.28. The first-order valence-corrected chi connectivity index (χ1v) is 18.4. The molecule has 1 aliphatic heterocycles. The summed E-state index contributed by atoms with van der Waals surface area (Å²) in [4.78, 5) is 80.5. The number of aliphatic hydroxyl groups excluding tert-OH is 1. The maximum Gasteiger partial charge on any atom is 0.328 e. The van der Waals surface area contributed by atoms with Crippen LogP contribution in [-0.2, 0) is 41.6 Å². The van der Waals surface area contributed by atoms with Gasteiger partial charge in [-0.2, -0.15) is 11.8 Å². The van der Waals surface area contributed by atoms with E-state index in [0.29, 0.717) is 37.1 Å². The van der Waals surface area contributed by atoms with Crippen molar-refractivity contribution in [1.82, 2.24) is 26.2 Å². The number of nitrogens with one attached hydrogen (secondary N) is 4. The SMILES string of the molecule is CSCC[C@H](NC(=O)[C@@H]1CCCN1C(=O)[C@@H](N)Cc1ccccc1)C(=O)N[C@H](C(=O)N[C@@H](Cc1ccccc1)C(=O)N[C@@H](CO)C(=O)O)C(C)C. The van der Waals surface area contributed by atoms with E-state index in [2.05, 4.69) is 21.3 Å². The van der Waals surface area contributed by atoms with Gasteiger partial charge in [-0.05, 0) is 54.7 Å². The monoisotopic (exact) mass is 726 g/mol. The number of hydrogen-bond donors (Lipinski definition) is 7. The van der Waals surface area contributed by atoms with Crippen LogP contribution < -0.4 is 27.0 Å². The minimum atomic E-state index is -1.58. The van der Waals surface area contributed by atoms with E-state index in [-0.39, 0.29) is 18.7 Å². The molecule has 0 aliphatic carbocycles. The Hall–Kier alpha value is -4.47. The number of rotatable bonds is 19. The minimum Gasteiger partial charge on any atom is -0.480 e. The summed E-state index contributed by atoms with van der Waals surface area (Å²) < 4.78 is 0. The van der Waals surface area contributed by atoms with Crippen LogP contribution in [0.4, 0.5) is 0 Å². The number of likely N-dealkylation sites (tertiary alicyclic amines) is 1. The molecule has 5 amide bonds. The Morgan fingerprint density at radius 1 is 0.824 bits per heavy atom. The van der Waals surface area contributed by atoms with Crippen molar-refractivity contribution in [3.63, 3.8) is 0 Å². The molecule has 1 fully saturated rings. The second-order valence-corrected chi connectivity index (χ2v) is 13.9. The van der Waals surface area contributed by atoms with E-state index in [1.165, 1.54) is 16.7 Å². The Kier molecular flexibility index (Phi) is 16.4. The number of nitrogens with zero attached hydrogens (tertiary/aromatic N) is 1. The average Bonchev–Trinajstić information content (AvgIpc) is 3.61. The largest absolute Gasteiger partial charge is 0.480 e. The van der Waals surface area contributed by atoms with Gasteiger partial charge in [0.1, 0.15) is 30.2 Å². The van der Waals surface area contributed by atoms with E-state index in [4.69, 9.17) is 5.73 Å². The lowest BCUT2D eigenvalue weighted by molar-refractivity contribution is -0.143. The topological polar surface area (TPSA) is 220 Å². The maximum atomic E-state index is 13.7. The third-order valence-corrected chi connectivity index (χ3v) is 9.30. The highest BCUT2D eigenvalue weighted by Gasteiger charge is 2.38. The van der Waals surface area contributed by atoms with E-state index < -0.39 is 78.4 Å². The van der Waals surface area contributed by atoms with E-state index in [1.54, 1.807) is 44.2 Å². The lowest BCUT2D eigenvalue weighted by Crippen LogP contribution is -2.60. The van der Waals surface area contributed by atoms with Crippen LogP contribution in [0.1, 0.15) is 44.2 Å². The quantitative estimate of drug-likeness (QED) is 0.104. The van der Waals surface area contributed by atoms with Gasteiger partial charge in [-0.25, -0.2) is 4.79 Å². The summed E-state index contributed by atoms with van der Waals surface area (Å²) in [5, 5.41) is 29.2. The average molecular weight is 727 g/mol. The van der Waals surface area contributed by atoms with Crippen LogP contribution in [-0.4, -0.2) is 112 Å². The Balaban J connectivity index is 1.73. The summed E-state index contributed by atoms with van der Waals surface area (Å²) in [7, 11) is 0. The third-order valence-electron chi connectivity index (χ3n) is 8.66. The number of nitrogens with two attached hydrogens (primary N) is 1. The molecule has 8 N–H and O–H groups in total. The van der Waals surface area contributed by atoms with Gasteiger partial charge < -0.3 is 42.1 Å². The summed E-state index contributed by atoms with van der Waals surface area (Å²) in [6.45, 7) is 2.92. The van der Waals surface area contributed by atoms with Gasteiger partial charge in [-0.1, -0.05) is 74.5 Å². The summed E-state index contributed by atoms with van der Waals surface area (Å²) >= 11 is 1.47. The van der Waals surface area contributed by atoms with Crippen LogP contribution in [0.3, 0.4) is 0 Å². The fourth-order valence-electron chi connectivity index (χ4n) is 5.81. The standard InChI is InChI=1S/C36H50N6O8S/c1-22(2)30(34(47)39-27(20-24-13-8-5-9-14-24)32(45)40-28(21-43)36(49)50)41-31(44)26(16-18-51-3)38-33(46)29-15-10-17-42(29)35(48)25(37)19-23-11-6-4-7-12-23/h4-9,11-14,22,25-30,43H,10,15-21,37H2,1-3H3,(H,38,46)(H,39,47)(H,40,45)(H,41,44)(H,49,50)/t25-,26-,27-,28-,29-,30-/m0/s1. The van der Waals surface area contributed by atoms with Crippen molar-refractivity contribution in [1.29, 1.82) is 0 Å². The molecular weight excluding hydrogens is 676 g/mol. The molecule has 15 heteroatoms. The molecule has 6 atom stereocenters. The zero-order chi connectivity index (χ0) is 37.5. The highest BCUT2D eigenvalue weighted by Crippen LogP contribution is 2.20. The van der Waals surface area contributed by atoms with Crippen molar-refractivity contribution in [2.45, 2.75) is 82.2 Å². The van der Waals surface area contributed by atoms with Gasteiger partial charge in [-0.3, -0.25) is 24.0 Å². The number of carboxylic acids is 1. The molecule has 0 unspecified atom stereocenters. The number of thioether (sulfide) groups is 1. The van der Waals surface area contributed by atoms with Gasteiger partial charge in [-0.15, -0.1) is 0 Å². The van der Waals surface area contributed by atoms with Crippen molar-refractivity contribution in [3.05, 3.63) is 71.8 Å². The van der Waals surface area contributed by atoms with Crippen LogP contribution in [0.25, 0.3) is 0 Å². The van der Waals surface area contributed by atoms with Crippen molar-refractivity contribution >= 4 is 47.3 Å². The maximum absolute atomic E-state index is 13.7. The number of aliphatic hydroxyl groups is 1. The molecular formula is C36H50N6O8S. The van der Waals surface area contributed by atoms with Gasteiger partial charge in [0.2, 0.25) is 29.5 Å². The smallest absolute Gasteiger partial charge is 0.328 e. The van der Waals surface area contributed by atoms with Crippen molar-refractivity contribution in [2.24, 2.45) is 11.7 Å². The van der Waals surface area contributed by atoms with Crippen molar-refractivity contribution in [3.8, 4) is 0 Å². The fraction of sp³-hybridized carbons (Fsp3) is 0.500. The predicted octanol–water partition coefficient (Wildman–Crippen LogP) is 0.215. The predicted molar refractivity (Wildman–Crippen MR) is 193 cm³/mol. The Morgan fingerprint density at radius 2 is 1.39 bits per heavy atom. The van der Waals surface area contributed by atoms with Gasteiger partial charge in [0, 0.05) is 13.0 Å². The molecule has 0 aromatic heterocycles. The summed E-state index contributed by atoms with van der Waals surface area (Å²) in [6, 6.07) is 11.5. The molecule has 0 saturated carbocycles. The molecule has 14 nitrogen and oxygen atoms in total.